The lowest BCUT2D eigenvalue weighted by Crippen LogP contribution is -2.43. The number of anilines is 1. The Labute approximate surface area is 126 Å². The van der Waals surface area contributed by atoms with Gasteiger partial charge in [-0.25, -0.2) is 13.6 Å². The third-order valence-corrected chi connectivity index (χ3v) is 4.49. The minimum Gasteiger partial charge on any atom is -0.382 e. The van der Waals surface area contributed by atoms with Gasteiger partial charge in [-0.05, 0) is 38.0 Å². The van der Waals surface area contributed by atoms with Gasteiger partial charge >= 0.3 is 0 Å². The summed E-state index contributed by atoms with van der Waals surface area (Å²) in [6.45, 7) is 6.34. The third-order valence-electron chi connectivity index (χ3n) is 3.58. The molecule has 1 aliphatic heterocycles. The predicted octanol–water partition coefficient (Wildman–Crippen LogP) is 0.821. The Bertz CT molecular complexity index is 583. The van der Waals surface area contributed by atoms with Crippen molar-refractivity contribution in [2.75, 3.05) is 25.1 Å². The van der Waals surface area contributed by atoms with Gasteiger partial charge in [0.15, 0.2) is 0 Å². The molecule has 7 heteroatoms. The quantitative estimate of drug-likeness (QED) is 0.748. The minimum atomic E-state index is -3.68. The Balaban J connectivity index is 2.04. The van der Waals surface area contributed by atoms with Crippen molar-refractivity contribution in [2.45, 2.75) is 37.2 Å². The lowest BCUT2D eigenvalue weighted by atomic mass is 10.1. The second kappa shape index (κ2) is 6.74. The summed E-state index contributed by atoms with van der Waals surface area (Å²) < 4.78 is 28.3. The summed E-state index contributed by atoms with van der Waals surface area (Å²) in [4.78, 5) is 0.127. The van der Waals surface area contributed by atoms with Crippen LogP contribution in [0.3, 0.4) is 0 Å². The Morgan fingerprint density at radius 1 is 1.52 bits per heavy atom. The SMILES string of the molecule is Cc1ccc(S(N)(=O)=O)cc1NC(C)CC1COCCN1. The highest BCUT2D eigenvalue weighted by Gasteiger charge is 2.17. The summed E-state index contributed by atoms with van der Waals surface area (Å²) >= 11 is 0. The summed E-state index contributed by atoms with van der Waals surface area (Å²) in [7, 11) is -3.68. The van der Waals surface area contributed by atoms with E-state index in [2.05, 4.69) is 17.6 Å². The van der Waals surface area contributed by atoms with Crippen LogP contribution in [0.4, 0.5) is 5.69 Å². The lowest BCUT2D eigenvalue weighted by molar-refractivity contribution is 0.0731. The Morgan fingerprint density at radius 3 is 2.90 bits per heavy atom. The third kappa shape index (κ3) is 4.67. The number of nitrogens with two attached hydrogens (primary N) is 1. The normalized spacial score (nSPS) is 21.0. The van der Waals surface area contributed by atoms with Gasteiger partial charge < -0.3 is 15.4 Å². The highest BCUT2D eigenvalue weighted by molar-refractivity contribution is 7.89. The molecule has 1 aromatic rings. The van der Waals surface area contributed by atoms with Gasteiger partial charge in [0.2, 0.25) is 10.0 Å². The van der Waals surface area contributed by atoms with Crippen molar-refractivity contribution in [1.29, 1.82) is 0 Å². The van der Waals surface area contributed by atoms with E-state index < -0.39 is 10.0 Å². The first-order valence-electron chi connectivity index (χ1n) is 7.07. The molecule has 1 aromatic carbocycles. The minimum absolute atomic E-state index is 0.127. The molecule has 2 atom stereocenters. The summed E-state index contributed by atoms with van der Waals surface area (Å²) in [6, 6.07) is 5.39. The predicted molar refractivity (Wildman–Crippen MR) is 82.9 cm³/mol. The molecule has 1 saturated heterocycles. The van der Waals surface area contributed by atoms with Crippen LogP contribution in [-0.2, 0) is 14.8 Å². The molecular formula is C14H23N3O3S. The van der Waals surface area contributed by atoms with Crippen LogP contribution < -0.4 is 15.8 Å². The zero-order valence-electron chi connectivity index (χ0n) is 12.4. The van der Waals surface area contributed by atoms with Crippen molar-refractivity contribution in [1.82, 2.24) is 5.32 Å². The molecule has 1 heterocycles. The molecule has 1 aliphatic rings. The van der Waals surface area contributed by atoms with Crippen LogP contribution >= 0.6 is 0 Å². The molecule has 21 heavy (non-hydrogen) atoms. The van der Waals surface area contributed by atoms with Gasteiger partial charge in [0, 0.05) is 24.3 Å². The zero-order chi connectivity index (χ0) is 15.5. The van der Waals surface area contributed by atoms with Crippen LogP contribution in [0.25, 0.3) is 0 Å². The van der Waals surface area contributed by atoms with Crippen molar-refractivity contribution < 1.29 is 13.2 Å². The van der Waals surface area contributed by atoms with E-state index in [1.54, 1.807) is 12.1 Å². The molecule has 118 valence electrons. The smallest absolute Gasteiger partial charge is 0.238 e. The molecule has 6 nitrogen and oxygen atoms in total. The van der Waals surface area contributed by atoms with Crippen molar-refractivity contribution in [2.24, 2.45) is 5.14 Å². The van der Waals surface area contributed by atoms with E-state index >= 15 is 0 Å². The van der Waals surface area contributed by atoms with Crippen molar-refractivity contribution in [3.63, 3.8) is 0 Å². The first-order chi connectivity index (χ1) is 9.86. The monoisotopic (exact) mass is 313 g/mol. The van der Waals surface area contributed by atoms with Gasteiger partial charge in [-0.15, -0.1) is 0 Å². The number of ether oxygens (including phenoxy) is 1. The Hall–Kier alpha value is -1.15. The van der Waals surface area contributed by atoms with Crippen LogP contribution in [0.1, 0.15) is 18.9 Å². The second-order valence-corrected chi connectivity index (χ2v) is 7.09. The summed E-state index contributed by atoms with van der Waals surface area (Å²) in [5, 5.41) is 11.9. The first kappa shape index (κ1) is 16.2. The van der Waals surface area contributed by atoms with Gasteiger partial charge in [-0.2, -0.15) is 0 Å². The van der Waals surface area contributed by atoms with Gasteiger partial charge in [0.1, 0.15) is 0 Å². The fourth-order valence-corrected chi connectivity index (χ4v) is 3.00. The van der Waals surface area contributed by atoms with Crippen LogP contribution in [0.2, 0.25) is 0 Å². The van der Waals surface area contributed by atoms with E-state index in [0.717, 1.165) is 30.8 Å². The highest BCUT2D eigenvalue weighted by atomic mass is 32.2. The molecule has 0 aromatic heterocycles. The van der Waals surface area contributed by atoms with Crippen LogP contribution in [-0.4, -0.2) is 40.3 Å². The first-order valence-corrected chi connectivity index (χ1v) is 8.62. The highest BCUT2D eigenvalue weighted by Crippen LogP contribution is 2.21. The van der Waals surface area contributed by atoms with E-state index in [4.69, 9.17) is 9.88 Å². The van der Waals surface area contributed by atoms with E-state index in [1.807, 2.05) is 6.92 Å². The number of morpholine rings is 1. The average Bonchev–Trinajstić information content (AvgIpc) is 2.41. The van der Waals surface area contributed by atoms with Crippen molar-refractivity contribution in [3.05, 3.63) is 23.8 Å². The number of primary sulfonamides is 1. The molecule has 0 saturated carbocycles. The molecule has 2 rings (SSSR count). The number of sulfonamides is 1. The Kier molecular flexibility index (Phi) is 5.21. The molecule has 0 spiro atoms. The average molecular weight is 313 g/mol. The van der Waals surface area contributed by atoms with E-state index in [9.17, 15) is 8.42 Å². The maximum atomic E-state index is 11.4. The summed E-state index contributed by atoms with van der Waals surface area (Å²) in [5.41, 5.74) is 1.79. The van der Waals surface area contributed by atoms with Crippen molar-refractivity contribution >= 4 is 15.7 Å². The fraction of sp³-hybridized carbons (Fsp3) is 0.571. The summed E-state index contributed by atoms with van der Waals surface area (Å²) in [5.74, 6) is 0. The topological polar surface area (TPSA) is 93.5 Å². The van der Waals surface area contributed by atoms with E-state index in [-0.39, 0.29) is 10.9 Å². The van der Waals surface area contributed by atoms with Gasteiger partial charge in [0.05, 0.1) is 18.1 Å². The Morgan fingerprint density at radius 2 is 2.29 bits per heavy atom. The largest absolute Gasteiger partial charge is 0.382 e. The van der Waals surface area contributed by atoms with Crippen LogP contribution in [0.15, 0.2) is 23.1 Å². The summed E-state index contributed by atoms with van der Waals surface area (Å²) in [6.07, 6.45) is 0.902. The number of hydrogen-bond acceptors (Lipinski definition) is 5. The second-order valence-electron chi connectivity index (χ2n) is 5.53. The zero-order valence-corrected chi connectivity index (χ0v) is 13.2. The number of hydrogen-bond donors (Lipinski definition) is 3. The lowest BCUT2D eigenvalue weighted by Gasteiger charge is -2.27. The fourth-order valence-electron chi connectivity index (χ4n) is 2.46. The standard InChI is InChI=1S/C14H23N3O3S/c1-10-3-4-13(21(15,18)19)8-14(10)17-11(2)7-12-9-20-6-5-16-12/h3-4,8,11-12,16-17H,5-7,9H2,1-2H3,(H2,15,18,19). The van der Waals surface area contributed by atoms with Crippen LogP contribution in [0.5, 0.6) is 0 Å². The number of aryl methyl sites for hydroxylation is 1. The molecular weight excluding hydrogens is 290 g/mol. The molecule has 0 radical (unpaired) electrons. The maximum Gasteiger partial charge on any atom is 0.238 e. The maximum absolute atomic E-state index is 11.4. The number of rotatable bonds is 5. The molecule has 2 unspecified atom stereocenters. The van der Waals surface area contributed by atoms with E-state index in [1.165, 1.54) is 6.07 Å². The van der Waals surface area contributed by atoms with Crippen molar-refractivity contribution in [3.8, 4) is 0 Å². The molecule has 0 amide bonds. The molecule has 0 aliphatic carbocycles. The molecule has 0 bridgehead atoms. The van der Waals surface area contributed by atoms with Crippen LogP contribution in [0, 0.1) is 6.92 Å². The molecule has 4 N–H and O–H groups in total. The molecule has 1 fully saturated rings. The van der Waals surface area contributed by atoms with Gasteiger partial charge in [-0.1, -0.05) is 6.07 Å². The van der Waals surface area contributed by atoms with Gasteiger partial charge in [0.25, 0.3) is 0 Å². The number of benzene rings is 1. The van der Waals surface area contributed by atoms with E-state index in [0.29, 0.717) is 12.6 Å². The number of nitrogens with one attached hydrogen (secondary N) is 2. The van der Waals surface area contributed by atoms with Gasteiger partial charge in [-0.3, -0.25) is 0 Å².